The Labute approximate surface area is 148 Å². The Morgan fingerprint density at radius 1 is 1.20 bits per heavy atom. The molecule has 1 aliphatic heterocycles. The van der Waals surface area contributed by atoms with Crippen molar-refractivity contribution in [1.82, 2.24) is 4.90 Å². The van der Waals surface area contributed by atoms with Crippen molar-refractivity contribution in [3.05, 3.63) is 23.8 Å². The molecule has 1 heterocycles. The summed E-state index contributed by atoms with van der Waals surface area (Å²) in [5.74, 6) is 1.42. The first-order chi connectivity index (χ1) is 12.1. The molecule has 1 fully saturated rings. The van der Waals surface area contributed by atoms with E-state index in [1.807, 2.05) is 37.1 Å². The summed E-state index contributed by atoms with van der Waals surface area (Å²) in [5, 5.41) is 4.08. The second-order valence-corrected chi connectivity index (χ2v) is 6.67. The van der Waals surface area contributed by atoms with Crippen molar-refractivity contribution < 1.29 is 19.1 Å². The lowest BCUT2D eigenvalue weighted by atomic mass is 10.1. The normalized spacial score (nSPS) is 17.9. The number of amides is 1. The summed E-state index contributed by atoms with van der Waals surface area (Å²) in [5.41, 5.74) is 1.58. The lowest BCUT2D eigenvalue weighted by molar-refractivity contribution is -0.137. The van der Waals surface area contributed by atoms with Gasteiger partial charge in [0.2, 0.25) is 6.79 Å². The van der Waals surface area contributed by atoms with Crippen LogP contribution in [0, 0.1) is 0 Å². The first-order valence-electron chi connectivity index (χ1n) is 8.97. The third kappa shape index (κ3) is 4.44. The lowest BCUT2D eigenvalue weighted by Crippen LogP contribution is -2.38. The Kier molecular flexibility index (Phi) is 5.79. The third-order valence-electron chi connectivity index (χ3n) is 4.95. The van der Waals surface area contributed by atoms with Crippen LogP contribution in [0.1, 0.15) is 51.0 Å². The summed E-state index contributed by atoms with van der Waals surface area (Å²) in [4.78, 5) is 19.5. The monoisotopic (exact) mass is 346 g/mol. The molecule has 6 heteroatoms. The molecule has 136 valence electrons. The Morgan fingerprint density at radius 3 is 2.68 bits per heavy atom. The van der Waals surface area contributed by atoms with E-state index in [4.69, 9.17) is 14.3 Å². The minimum atomic E-state index is -0.0328. The summed E-state index contributed by atoms with van der Waals surface area (Å²) < 4.78 is 10.7. The average molecular weight is 346 g/mol. The number of benzene rings is 1. The molecule has 1 aromatic carbocycles. The van der Waals surface area contributed by atoms with Gasteiger partial charge >= 0.3 is 0 Å². The number of carbonyl (C=O) groups is 1. The van der Waals surface area contributed by atoms with Gasteiger partial charge in [-0.05, 0) is 38.0 Å². The highest BCUT2D eigenvalue weighted by atomic mass is 16.7. The standard InChI is InChI=1S/C19H26N2O4/c1-14(15-9-10-17-18(11-15)24-13-23-17)20-25-12-19(22)21(2)16-7-5-3-4-6-8-16/h9-11,16H,3-8,12-13H2,1-2H3/b20-14+. The van der Waals surface area contributed by atoms with Gasteiger partial charge in [0.1, 0.15) is 0 Å². The maximum Gasteiger partial charge on any atom is 0.263 e. The van der Waals surface area contributed by atoms with Crippen LogP contribution in [-0.4, -0.2) is 43.0 Å². The minimum Gasteiger partial charge on any atom is -0.454 e. The van der Waals surface area contributed by atoms with Gasteiger partial charge in [0.05, 0.1) is 5.71 Å². The molecule has 0 unspecified atom stereocenters. The molecule has 1 amide bonds. The van der Waals surface area contributed by atoms with Crippen LogP contribution in [0.15, 0.2) is 23.4 Å². The van der Waals surface area contributed by atoms with E-state index < -0.39 is 0 Å². The molecular weight excluding hydrogens is 320 g/mol. The van der Waals surface area contributed by atoms with Crippen molar-refractivity contribution in [2.24, 2.45) is 5.16 Å². The molecule has 3 rings (SSSR count). The minimum absolute atomic E-state index is 0.0193. The van der Waals surface area contributed by atoms with Gasteiger partial charge in [0.25, 0.3) is 5.91 Å². The van der Waals surface area contributed by atoms with E-state index in [9.17, 15) is 4.79 Å². The zero-order valence-corrected chi connectivity index (χ0v) is 15.0. The van der Waals surface area contributed by atoms with E-state index >= 15 is 0 Å². The summed E-state index contributed by atoms with van der Waals surface area (Å²) >= 11 is 0. The van der Waals surface area contributed by atoms with Gasteiger partial charge < -0.3 is 19.2 Å². The van der Waals surface area contributed by atoms with Crippen LogP contribution in [0.5, 0.6) is 11.5 Å². The highest BCUT2D eigenvalue weighted by molar-refractivity contribution is 5.99. The zero-order valence-electron chi connectivity index (χ0n) is 15.0. The second kappa shape index (κ2) is 8.23. The Bertz CT molecular complexity index is 636. The van der Waals surface area contributed by atoms with Crippen molar-refractivity contribution in [1.29, 1.82) is 0 Å². The quantitative estimate of drug-likeness (QED) is 0.466. The van der Waals surface area contributed by atoms with Gasteiger partial charge in [-0.25, -0.2) is 0 Å². The molecule has 2 aliphatic rings. The summed E-state index contributed by atoms with van der Waals surface area (Å²) in [6.07, 6.45) is 7.11. The Morgan fingerprint density at radius 2 is 1.92 bits per heavy atom. The largest absolute Gasteiger partial charge is 0.454 e. The molecule has 1 aromatic rings. The molecule has 0 aromatic heterocycles. The number of hydrogen-bond donors (Lipinski definition) is 0. The van der Waals surface area contributed by atoms with Crippen LogP contribution in [0.2, 0.25) is 0 Å². The number of rotatable bonds is 5. The van der Waals surface area contributed by atoms with E-state index in [0.29, 0.717) is 17.5 Å². The molecule has 1 saturated carbocycles. The SMILES string of the molecule is C/C(=N\OCC(=O)N(C)C1CCCCCC1)c1ccc2c(c1)OCO2. The average Bonchev–Trinajstić information content (AvgIpc) is 2.92. The van der Waals surface area contributed by atoms with E-state index in [0.717, 1.165) is 24.2 Å². The maximum absolute atomic E-state index is 12.3. The van der Waals surface area contributed by atoms with Crippen molar-refractivity contribution >= 4 is 11.6 Å². The van der Waals surface area contributed by atoms with Crippen molar-refractivity contribution in [3.63, 3.8) is 0 Å². The van der Waals surface area contributed by atoms with Crippen LogP contribution in [0.3, 0.4) is 0 Å². The van der Waals surface area contributed by atoms with Crippen LogP contribution in [-0.2, 0) is 9.63 Å². The van der Waals surface area contributed by atoms with Gasteiger partial charge in [-0.3, -0.25) is 4.79 Å². The zero-order chi connectivity index (χ0) is 17.6. The number of carbonyl (C=O) groups excluding carboxylic acids is 1. The first-order valence-corrected chi connectivity index (χ1v) is 8.97. The van der Waals surface area contributed by atoms with Gasteiger partial charge in [-0.1, -0.05) is 30.8 Å². The fourth-order valence-corrected chi connectivity index (χ4v) is 3.31. The van der Waals surface area contributed by atoms with Crippen molar-refractivity contribution in [3.8, 4) is 11.5 Å². The number of ether oxygens (including phenoxy) is 2. The summed E-state index contributed by atoms with van der Waals surface area (Å²) in [7, 11) is 1.87. The maximum atomic E-state index is 12.3. The van der Waals surface area contributed by atoms with Gasteiger partial charge in [-0.15, -0.1) is 0 Å². The second-order valence-electron chi connectivity index (χ2n) is 6.67. The van der Waals surface area contributed by atoms with Gasteiger partial charge in [0, 0.05) is 18.7 Å². The Hall–Kier alpha value is -2.24. The van der Waals surface area contributed by atoms with Crippen LogP contribution >= 0.6 is 0 Å². The molecular formula is C19H26N2O4. The fraction of sp³-hybridized carbons (Fsp3) is 0.579. The van der Waals surface area contributed by atoms with Crippen LogP contribution in [0.4, 0.5) is 0 Å². The van der Waals surface area contributed by atoms with Crippen molar-refractivity contribution in [2.45, 2.75) is 51.5 Å². The van der Waals surface area contributed by atoms with E-state index in [1.54, 1.807) is 0 Å². The Balaban J connectivity index is 1.52. The predicted octanol–water partition coefficient (Wildman–Crippen LogP) is 3.34. The third-order valence-corrected chi connectivity index (χ3v) is 4.95. The highest BCUT2D eigenvalue weighted by Crippen LogP contribution is 2.32. The molecule has 25 heavy (non-hydrogen) atoms. The topological polar surface area (TPSA) is 60.4 Å². The van der Waals surface area contributed by atoms with Gasteiger partial charge in [-0.2, -0.15) is 0 Å². The molecule has 0 N–H and O–H groups in total. The van der Waals surface area contributed by atoms with E-state index in [1.165, 1.54) is 25.7 Å². The molecule has 0 saturated heterocycles. The molecule has 0 bridgehead atoms. The van der Waals surface area contributed by atoms with E-state index in [2.05, 4.69) is 5.16 Å². The smallest absolute Gasteiger partial charge is 0.263 e. The van der Waals surface area contributed by atoms with Gasteiger partial charge in [0.15, 0.2) is 18.1 Å². The highest BCUT2D eigenvalue weighted by Gasteiger charge is 2.21. The molecule has 1 aliphatic carbocycles. The van der Waals surface area contributed by atoms with Crippen molar-refractivity contribution in [2.75, 3.05) is 20.4 Å². The summed E-state index contributed by atoms with van der Waals surface area (Å²) in [6, 6.07) is 5.94. The molecule has 6 nitrogen and oxygen atoms in total. The van der Waals surface area contributed by atoms with E-state index in [-0.39, 0.29) is 19.3 Å². The molecule has 0 atom stereocenters. The number of oxime groups is 1. The lowest BCUT2D eigenvalue weighted by Gasteiger charge is -2.26. The first kappa shape index (κ1) is 17.6. The summed E-state index contributed by atoms with van der Waals surface area (Å²) in [6.45, 7) is 2.05. The fourth-order valence-electron chi connectivity index (χ4n) is 3.31. The molecule has 0 spiro atoms. The number of nitrogens with zero attached hydrogens (tertiary/aromatic N) is 2. The number of likely N-dealkylation sites (N-methyl/N-ethyl adjacent to an activating group) is 1. The van der Waals surface area contributed by atoms with Crippen LogP contribution in [0.25, 0.3) is 0 Å². The predicted molar refractivity (Wildman–Crippen MR) is 95.0 cm³/mol. The number of hydrogen-bond acceptors (Lipinski definition) is 5. The number of fused-ring (bicyclic) bond motifs is 1. The van der Waals surface area contributed by atoms with Crippen LogP contribution < -0.4 is 9.47 Å². The molecule has 0 radical (unpaired) electrons.